The lowest BCUT2D eigenvalue weighted by Crippen LogP contribution is -2.41. The van der Waals surface area contributed by atoms with Gasteiger partial charge in [0.25, 0.3) is 5.69 Å². The van der Waals surface area contributed by atoms with Gasteiger partial charge in [-0.1, -0.05) is 23.2 Å². The van der Waals surface area contributed by atoms with Gasteiger partial charge in [-0.3, -0.25) is 10.1 Å². The highest BCUT2D eigenvalue weighted by molar-refractivity contribution is 6.64. The molecule has 1 aliphatic rings. The molecule has 20 heavy (non-hydrogen) atoms. The fraction of sp³-hybridized carbons (Fsp3) is 0.500. The maximum absolute atomic E-state index is 11.2. The average molecular weight is 318 g/mol. The van der Waals surface area contributed by atoms with Crippen molar-refractivity contribution in [2.24, 2.45) is 0 Å². The van der Waals surface area contributed by atoms with Crippen LogP contribution in [0.25, 0.3) is 0 Å². The van der Waals surface area contributed by atoms with Gasteiger partial charge in [-0.15, -0.1) is 0 Å². The van der Waals surface area contributed by atoms with E-state index in [-0.39, 0.29) is 21.2 Å². The quantitative estimate of drug-likeness (QED) is 0.477. The molecule has 5 nitrogen and oxygen atoms in total. The van der Waals surface area contributed by atoms with Gasteiger partial charge >= 0.3 is 7.12 Å². The van der Waals surface area contributed by atoms with Gasteiger partial charge in [0.1, 0.15) is 0 Å². The van der Waals surface area contributed by atoms with E-state index in [1.54, 1.807) is 0 Å². The highest BCUT2D eigenvalue weighted by Crippen LogP contribution is 2.38. The Morgan fingerprint density at radius 2 is 1.55 bits per heavy atom. The molecule has 0 radical (unpaired) electrons. The van der Waals surface area contributed by atoms with Crippen LogP contribution in [-0.2, 0) is 9.31 Å². The first kappa shape index (κ1) is 15.6. The third kappa shape index (κ3) is 2.53. The van der Waals surface area contributed by atoms with Gasteiger partial charge in [0.05, 0.1) is 31.6 Å². The van der Waals surface area contributed by atoms with Crippen molar-refractivity contribution in [2.45, 2.75) is 38.9 Å². The first-order valence-corrected chi connectivity index (χ1v) is 6.80. The molecule has 2 rings (SSSR count). The van der Waals surface area contributed by atoms with Gasteiger partial charge in [-0.25, -0.2) is 0 Å². The van der Waals surface area contributed by atoms with Crippen molar-refractivity contribution in [1.82, 2.24) is 0 Å². The second-order valence-corrected chi connectivity index (χ2v) is 6.48. The van der Waals surface area contributed by atoms with Gasteiger partial charge in [-0.05, 0) is 33.8 Å². The minimum absolute atomic E-state index is 0.124. The van der Waals surface area contributed by atoms with Crippen molar-refractivity contribution in [2.75, 3.05) is 0 Å². The molecular weight excluding hydrogens is 304 g/mol. The normalized spacial score (nSPS) is 20.2. The molecule has 0 N–H and O–H groups in total. The van der Waals surface area contributed by atoms with Crippen LogP contribution in [0, 0.1) is 10.1 Å². The van der Waals surface area contributed by atoms with Crippen molar-refractivity contribution in [3.63, 3.8) is 0 Å². The van der Waals surface area contributed by atoms with Crippen molar-refractivity contribution in [1.29, 1.82) is 0 Å². The number of halogens is 2. The largest absolute Gasteiger partial charge is 0.501 e. The molecule has 0 spiro atoms. The molecular formula is C12H14BCl2NO4. The third-order valence-corrected chi connectivity index (χ3v) is 4.50. The molecule has 8 heteroatoms. The summed E-state index contributed by atoms with van der Waals surface area (Å²) in [5.41, 5.74) is -1.07. The van der Waals surface area contributed by atoms with Crippen LogP contribution in [0.5, 0.6) is 0 Å². The molecule has 1 aromatic rings. The highest BCUT2D eigenvalue weighted by Gasteiger charge is 2.53. The van der Waals surface area contributed by atoms with Crippen LogP contribution >= 0.6 is 23.2 Å². The fourth-order valence-electron chi connectivity index (χ4n) is 1.87. The summed E-state index contributed by atoms with van der Waals surface area (Å²) in [5.74, 6) is 0. The van der Waals surface area contributed by atoms with Crippen molar-refractivity contribution < 1.29 is 14.2 Å². The predicted molar refractivity (Wildman–Crippen MR) is 78.8 cm³/mol. The van der Waals surface area contributed by atoms with Crippen molar-refractivity contribution in [3.05, 3.63) is 32.3 Å². The Labute approximate surface area is 127 Å². The number of nitrogens with zero attached hydrogens (tertiary/aromatic N) is 1. The van der Waals surface area contributed by atoms with E-state index in [2.05, 4.69) is 0 Å². The summed E-state index contributed by atoms with van der Waals surface area (Å²) in [5, 5.41) is 11.5. The number of hydrogen-bond donors (Lipinski definition) is 0. The average Bonchev–Trinajstić information content (AvgIpc) is 2.51. The lowest BCUT2D eigenvalue weighted by molar-refractivity contribution is -0.383. The lowest BCUT2D eigenvalue weighted by atomic mass is 9.78. The van der Waals surface area contributed by atoms with Crippen LogP contribution in [0.2, 0.25) is 10.0 Å². The third-order valence-electron chi connectivity index (χ3n) is 3.77. The molecule has 108 valence electrons. The van der Waals surface area contributed by atoms with Crippen molar-refractivity contribution in [3.8, 4) is 0 Å². The maximum atomic E-state index is 11.2. The second-order valence-electron chi connectivity index (χ2n) is 5.67. The molecule has 1 saturated heterocycles. The Morgan fingerprint density at radius 3 is 2.00 bits per heavy atom. The lowest BCUT2D eigenvalue weighted by Gasteiger charge is -2.32. The zero-order valence-electron chi connectivity index (χ0n) is 11.6. The molecule has 0 saturated carbocycles. The van der Waals surface area contributed by atoms with Crippen LogP contribution in [-0.4, -0.2) is 23.2 Å². The van der Waals surface area contributed by atoms with Gasteiger partial charge in [0.15, 0.2) is 0 Å². The summed E-state index contributed by atoms with van der Waals surface area (Å²) in [6.07, 6.45) is 0. The minimum Gasteiger partial charge on any atom is -0.399 e. The summed E-state index contributed by atoms with van der Waals surface area (Å²) in [4.78, 5) is 10.6. The standard InChI is InChI=1S/C12H14BCl2NO4/c1-11(2)12(3,4)20-13(19-11)7-5-8(14)9(15)6-10(7)16(17)18/h5-6H,1-4H3. The minimum atomic E-state index is -0.852. The maximum Gasteiger partial charge on any atom is 0.501 e. The summed E-state index contributed by atoms with van der Waals surface area (Å²) in [6.45, 7) is 7.49. The summed E-state index contributed by atoms with van der Waals surface area (Å²) in [6, 6.07) is 2.63. The van der Waals surface area contributed by atoms with E-state index in [1.807, 2.05) is 27.7 Å². The molecule has 0 bridgehead atoms. The zero-order chi connectivity index (χ0) is 15.3. The van der Waals surface area contributed by atoms with E-state index in [0.717, 1.165) is 0 Å². The fourth-order valence-corrected chi connectivity index (χ4v) is 2.20. The van der Waals surface area contributed by atoms with E-state index in [4.69, 9.17) is 32.5 Å². The summed E-state index contributed by atoms with van der Waals surface area (Å²) < 4.78 is 11.6. The summed E-state index contributed by atoms with van der Waals surface area (Å²) in [7, 11) is -0.852. The SMILES string of the molecule is CC1(C)OB(c2cc(Cl)c(Cl)cc2[N+](=O)[O-])OC1(C)C. The van der Waals surface area contributed by atoms with Gasteiger partial charge in [0, 0.05) is 6.07 Å². The Bertz CT molecular complexity index is 561. The Hall–Kier alpha value is -0.815. The van der Waals surface area contributed by atoms with Crippen molar-refractivity contribution >= 4 is 41.5 Å². The monoisotopic (exact) mass is 317 g/mol. The number of benzene rings is 1. The van der Waals surface area contributed by atoms with Crippen LogP contribution in [0.15, 0.2) is 12.1 Å². The predicted octanol–water partition coefficient (Wildman–Crippen LogP) is 3.20. The molecule has 0 aliphatic carbocycles. The van der Waals surface area contributed by atoms with Gasteiger partial charge in [0.2, 0.25) is 0 Å². The molecule has 1 heterocycles. The van der Waals surface area contributed by atoms with Gasteiger partial charge < -0.3 is 9.31 Å². The number of nitro benzene ring substituents is 1. The Balaban J connectivity index is 2.49. The van der Waals surface area contributed by atoms with E-state index in [9.17, 15) is 10.1 Å². The van der Waals surface area contributed by atoms with E-state index in [1.165, 1.54) is 12.1 Å². The molecule has 0 aromatic heterocycles. The number of nitro groups is 1. The van der Waals surface area contributed by atoms with Gasteiger partial charge in [-0.2, -0.15) is 0 Å². The molecule has 0 unspecified atom stereocenters. The van der Waals surface area contributed by atoms with Crippen LogP contribution in [0.1, 0.15) is 27.7 Å². The first-order valence-electron chi connectivity index (χ1n) is 6.04. The zero-order valence-corrected chi connectivity index (χ0v) is 13.1. The van der Waals surface area contributed by atoms with Crippen LogP contribution < -0.4 is 5.46 Å². The van der Waals surface area contributed by atoms with Crippen LogP contribution in [0.4, 0.5) is 5.69 Å². The number of hydrogen-bond acceptors (Lipinski definition) is 4. The first-order chi connectivity index (χ1) is 9.05. The highest BCUT2D eigenvalue weighted by atomic mass is 35.5. The smallest absolute Gasteiger partial charge is 0.399 e. The topological polar surface area (TPSA) is 61.6 Å². The Kier molecular flexibility index (Phi) is 3.80. The van der Waals surface area contributed by atoms with E-state index >= 15 is 0 Å². The molecule has 1 fully saturated rings. The Morgan fingerprint density at radius 1 is 1.10 bits per heavy atom. The van der Waals surface area contributed by atoms with E-state index in [0.29, 0.717) is 0 Å². The second kappa shape index (κ2) is 4.88. The number of rotatable bonds is 2. The van der Waals surface area contributed by atoms with Crippen LogP contribution in [0.3, 0.4) is 0 Å². The summed E-state index contributed by atoms with van der Waals surface area (Å²) >= 11 is 11.8. The molecule has 0 amide bonds. The molecule has 0 atom stereocenters. The molecule has 1 aromatic carbocycles. The van der Waals surface area contributed by atoms with E-state index < -0.39 is 23.2 Å². The molecule has 1 aliphatic heterocycles.